The number of halogens is 1. The summed E-state index contributed by atoms with van der Waals surface area (Å²) in [7, 11) is 0. The molecule has 0 saturated carbocycles. The van der Waals surface area contributed by atoms with Crippen LogP contribution in [-0.4, -0.2) is 37.2 Å². The highest BCUT2D eigenvalue weighted by molar-refractivity contribution is 6.30. The minimum absolute atomic E-state index is 0.552. The molecule has 4 heteroatoms. The Balaban J connectivity index is 1.76. The van der Waals surface area contributed by atoms with E-state index in [4.69, 9.17) is 16.3 Å². The highest BCUT2D eigenvalue weighted by atomic mass is 35.5. The number of hydrogen-bond donors (Lipinski definition) is 1. The minimum atomic E-state index is 0.552. The van der Waals surface area contributed by atoms with Crippen LogP contribution in [0.1, 0.15) is 19.8 Å². The topological polar surface area (TPSA) is 24.5 Å². The standard InChI is InChI=1S/C15H21ClN2O/c1-2-19-15-4-3-12(16)9-14(15)17-13-6-8-18-7-5-11(13)10-18/h3-4,9,11,13,17H,2,5-8,10H2,1H3. The first-order chi connectivity index (χ1) is 9.26. The van der Waals surface area contributed by atoms with Gasteiger partial charge < -0.3 is 15.0 Å². The SMILES string of the molecule is CCOc1ccc(Cl)cc1NC1CCN2CCC1C2. The monoisotopic (exact) mass is 280 g/mol. The second-order valence-corrected chi connectivity index (χ2v) is 5.90. The Morgan fingerprint density at radius 1 is 1.37 bits per heavy atom. The molecule has 2 aliphatic rings. The molecule has 0 aliphatic carbocycles. The molecule has 0 amide bonds. The molecule has 1 aromatic carbocycles. The Kier molecular flexibility index (Phi) is 3.85. The molecule has 3 unspecified atom stereocenters. The Bertz CT molecular complexity index is 452. The molecule has 104 valence electrons. The first-order valence-corrected chi connectivity index (χ1v) is 7.55. The summed E-state index contributed by atoms with van der Waals surface area (Å²) >= 11 is 6.11. The molecule has 2 saturated heterocycles. The number of nitrogens with one attached hydrogen (secondary N) is 1. The van der Waals surface area contributed by atoms with Crippen molar-refractivity contribution >= 4 is 17.3 Å². The molecule has 0 radical (unpaired) electrons. The molecule has 2 heterocycles. The van der Waals surface area contributed by atoms with Crippen molar-refractivity contribution in [3.8, 4) is 5.75 Å². The molecule has 2 bridgehead atoms. The van der Waals surface area contributed by atoms with E-state index in [0.717, 1.165) is 22.4 Å². The molecular formula is C15H21ClN2O. The van der Waals surface area contributed by atoms with Gasteiger partial charge >= 0.3 is 0 Å². The maximum absolute atomic E-state index is 6.11. The van der Waals surface area contributed by atoms with Gasteiger partial charge in [-0.25, -0.2) is 0 Å². The van der Waals surface area contributed by atoms with Crippen LogP contribution in [0.5, 0.6) is 5.75 Å². The van der Waals surface area contributed by atoms with Gasteiger partial charge in [0, 0.05) is 24.2 Å². The van der Waals surface area contributed by atoms with Gasteiger partial charge in [-0.2, -0.15) is 0 Å². The average Bonchev–Trinajstić information content (AvgIpc) is 2.79. The molecule has 1 N–H and O–H groups in total. The van der Waals surface area contributed by atoms with Gasteiger partial charge in [-0.3, -0.25) is 0 Å². The third-order valence-corrected chi connectivity index (χ3v) is 4.45. The normalized spacial score (nSPS) is 29.3. The number of ether oxygens (including phenoxy) is 1. The predicted molar refractivity (Wildman–Crippen MR) is 79.2 cm³/mol. The molecule has 3 atom stereocenters. The Morgan fingerprint density at radius 2 is 2.21 bits per heavy atom. The van der Waals surface area contributed by atoms with E-state index in [-0.39, 0.29) is 0 Å². The fourth-order valence-electron chi connectivity index (χ4n) is 3.24. The summed E-state index contributed by atoms with van der Waals surface area (Å²) in [4.78, 5) is 2.56. The van der Waals surface area contributed by atoms with Crippen LogP contribution in [0, 0.1) is 5.92 Å². The predicted octanol–water partition coefficient (Wildman–Crippen LogP) is 3.24. The van der Waals surface area contributed by atoms with Crippen LogP contribution in [-0.2, 0) is 0 Å². The van der Waals surface area contributed by atoms with Gasteiger partial charge in [-0.05, 0) is 50.4 Å². The third kappa shape index (κ3) is 2.82. The molecule has 0 aromatic heterocycles. The highest BCUT2D eigenvalue weighted by Crippen LogP contribution is 2.34. The third-order valence-electron chi connectivity index (χ3n) is 4.22. The number of hydrogen-bond acceptors (Lipinski definition) is 3. The molecular weight excluding hydrogens is 260 g/mol. The first kappa shape index (κ1) is 13.1. The number of fused-ring (bicyclic) bond motifs is 2. The summed E-state index contributed by atoms with van der Waals surface area (Å²) in [6.45, 7) is 6.39. The highest BCUT2D eigenvalue weighted by Gasteiger charge is 2.34. The second kappa shape index (κ2) is 5.59. The number of anilines is 1. The van der Waals surface area contributed by atoms with Gasteiger partial charge in [-0.1, -0.05) is 11.6 Å². The lowest BCUT2D eigenvalue weighted by Crippen LogP contribution is -2.39. The number of rotatable bonds is 4. The minimum Gasteiger partial charge on any atom is -0.492 e. The zero-order valence-electron chi connectivity index (χ0n) is 11.4. The van der Waals surface area contributed by atoms with Crippen LogP contribution in [0.2, 0.25) is 5.02 Å². The Morgan fingerprint density at radius 3 is 3.05 bits per heavy atom. The molecule has 3 rings (SSSR count). The fraction of sp³-hybridized carbons (Fsp3) is 0.600. The lowest BCUT2D eigenvalue weighted by Gasteiger charge is -2.32. The van der Waals surface area contributed by atoms with Gasteiger partial charge in [0.05, 0.1) is 12.3 Å². The van der Waals surface area contributed by atoms with E-state index in [1.807, 2.05) is 25.1 Å². The summed E-state index contributed by atoms with van der Waals surface area (Å²) in [5, 5.41) is 4.43. The number of piperidine rings is 1. The zero-order chi connectivity index (χ0) is 13.2. The van der Waals surface area contributed by atoms with Gasteiger partial charge in [0.2, 0.25) is 0 Å². The van der Waals surface area contributed by atoms with E-state index < -0.39 is 0 Å². The molecule has 19 heavy (non-hydrogen) atoms. The average molecular weight is 281 g/mol. The van der Waals surface area contributed by atoms with Crippen molar-refractivity contribution in [2.45, 2.75) is 25.8 Å². The molecule has 0 spiro atoms. The lowest BCUT2D eigenvalue weighted by atomic mass is 9.94. The summed E-state index contributed by atoms with van der Waals surface area (Å²) in [6, 6.07) is 6.37. The smallest absolute Gasteiger partial charge is 0.142 e. The van der Waals surface area contributed by atoms with Crippen LogP contribution in [0.4, 0.5) is 5.69 Å². The largest absolute Gasteiger partial charge is 0.492 e. The fourth-order valence-corrected chi connectivity index (χ4v) is 3.41. The summed E-state index contributed by atoms with van der Waals surface area (Å²) in [5.74, 6) is 1.68. The van der Waals surface area contributed by atoms with Crippen molar-refractivity contribution in [1.82, 2.24) is 4.90 Å². The van der Waals surface area contributed by atoms with E-state index in [1.54, 1.807) is 0 Å². The van der Waals surface area contributed by atoms with Crippen LogP contribution >= 0.6 is 11.6 Å². The maximum atomic E-state index is 6.11. The maximum Gasteiger partial charge on any atom is 0.142 e. The number of nitrogens with zero attached hydrogens (tertiary/aromatic N) is 1. The van der Waals surface area contributed by atoms with Crippen LogP contribution < -0.4 is 10.1 Å². The van der Waals surface area contributed by atoms with Crippen molar-refractivity contribution in [3.63, 3.8) is 0 Å². The van der Waals surface area contributed by atoms with Crippen molar-refractivity contribution < 1.29 is 4.74 Å². The lowest BCUT2D eigenvalue weighted by molar-refractivity contribution is 0.254. The van der Waals surface area contributed by atoms with E-state index in [0.29, 0.717) is 12.6 Å². The van der Waals surface area contributed by atoms with Crippen molar-refractivity contribution in [2.75, 3.05) is 31.6 Å². The van der Waals surface area contributed by atoms with Gasteiger partial charge in [0.15, 0.2) is 0 Å². The summed E-state index contributed by atoms with van der Waals surface area (Å²) in [5.41, 5.74) is 1.04. The molecule has 2 aliphatic heterocycles. The Labute approximate surface area is 119 Å². The van der Waals surface area contributed by atoms with Gasteiger partial charge in [0.1, 0.15) is 5.75 Å². The van der Waals surface area contributed by atoms with Gasteiger partial charge in [-0.15, -0.1) is 0 Å². The van der Waals surface area contributed by atoms with Crippen molar-refractivity contribution in [3.05, 3.63) is 23.2 Å². The number of benzene rings is 1. The first-order valence-electron chi connectivity index (χ1n) is 7.17. The van der Waals surface area contributed by atoms with E-state index in [2.05, 4.69) is 10.2 Å². The zero-order valence-corrected chi connectivity index (χ0v) is 12.1. The van der Waals surface area contributed by atoms with Crippen LogP contribution in [0.15, 0.2) is 18.2 Å². The second-order valence-electron chi connectivity index (χ2n) is 5.46. The quantitative estimate of drug-likeness (QED) is 0.916. The van der Waals surface area contributed by atoms with Crippen LogP contribution in [0.25, 0.3) is 0 Å². The van der Waals surface area contributed by atoms with Crippen LogP contribution in [0.3, 0.4) is 0 Å². The summed E-state index contributed by atoms with van der Waals surface area (Å²) < 4.78 is 5.68. The van der Waals surface area contributed by atoms with E-state index in [9.17, 15) is 0 Å². The Hall–Kier alpha value is -0.930. The van der Waals surface area contributed by atoms with E-state index >= 15 is 0 Å². The van der Waals surface area contributed by atoms with E-state index in [1.165, 1.54) is 32.5 Å². The van der Waals surface area contributed by atoms with Crippen molar-refractivity contribution in [1.29, 1.82) is 0 Å². The summed E-state index contributed by atoms with van der Waals surface area (Å²) in [6.07, 6.45) is 2.52. The molecule has 2 fully saturated rings. The molecule has 3 nitrogen and oxygen atoms in total. The van der Waals surface area contributed by atoms with Crippen molar-refractivity contribution in [2.24, 2.45) is 5.92 Å². The molecule has 1 aromatic rings. The van der Waals surface area contributed by atoms with Gasteiger partial charge in [0.25, 0.3) is 0 Å².